The Hall–Kier alpha value is -2.62. The molecule has 2 aromatic rings. The van der Waals surface area contributed by atoms with E-state index >= 15 is 0 Å². The maximum absolute atomic E-state index is 11.2. The van der Waals surface area contributed by atoms with Crippen LogP contribution in [-0.2, 0) is 0 Å². The minimum atomic E-state index is 0.0545. The highest BCUT2D eigenvalue weighted by molar-refractivity contribution is 5.94. The smallest absolute Gasteiger partial charge is 0.205 e. The average molecular weight is 327 g/mol. The topological polar surface area (TPSA) is 57.8 Å². The maximum Gasteiger partial charge on any atom is 0.205 e. The number of aromatic amines is 1. The number of carbonyl (C=O) groups is 1. The number of rotatable bonds is 5. The second kappa shape index (κ2) is 11.9. The molecule has 1 heterocycles. The van der Waals surface area contributed by atoms with Crippen LogP contribution in [0.15, 0.2) is 36.9 Å². The summed E-state index contributed by atoms with van der Waals surface area (Å²) in [5, 5.41) is 3.16. The number of ketones is 1. The number of Topliss-reactive ketones (excluding diaryl/α,β-unsaturated/α-hetero) is 1. The lowest BCUT2D eigenvalue weighted by molar-refractivity contribution is 0.101. The molecule has 0 saturated heterocycles. The van der Waals surface area contributed by atoms with E-state index in [0.29, 0.717) is 11.5 Å². The molecule has 0 amide bonds. The molecule has 0 saturated carbocycles. The van der Waals surface area contributed by atoms with Crippen molar-refractivity contribution in [3.05, 3.63) is 53.9 Å². The number of imidazole rings is 1. The van der Waals surface area contributed by atoms with Gasteiger partial charge in [0.05, 0.1) is 11.4 Å². The number of aromatic nitrogens is 2. The van der Waals surface area contributed by atoms with E-state index in [1.54, 1.807) is 25.1 Å². The number of benzene rings is 1. The molecule has 0 spiro atoms. The van der Waals surface area contributed by atoms with Crippen molar-refractivity contribution in [1.82, 2.24) is 9.97 Å². The van der Waals surface area contributed by atoms with E-state index in [0.717, 1.165) is 17.1 Å². The van der Waals surface area contributed by atoms with Crippen LogP contribution in [0.4, 0.5) is 11.6 Å². The lowest BCUT2D eigenvalue weighted by Gasteiger charge is -2.03. The molecule has 4 heteroatoms. The fraction of sp³-hybridized carbons (Fsp3) is 0.300. The van der Waals surface area contributed by atoms with Crippen molar-refractivity contribution in [2.45, 2.75) is 41.5 Å². The molecule has 130 valence electrons. The van der Waals surface area contributed by atoms with Crippen LogP contribution < -0.4 is 5.32 Å². The summed E-state index contributed by atoms with van der Waals surface area (Å²) in [5.41, 5.74) is 3.26. The van der Waals surface area contributed by atoms with Crippen LogP contribution in [0.3, 0.4) is 0 Å². The molecule has 0 aliphatic heterocycles. The molecule has 1 aromatic carbocycles. The molecule has 0 radical (unpaired) electrons. The molecule has 2 N–H and O–H groups in total. The van der Waals surface area contributed by atoms with Gasteiger partial charge in [0.15, 0.2) is 5.78 Å². The number of nitrogens with zero attached hydrogens (tertiary/aromatic N) is 1. The summed E-state index contributed by atoms with van der Waals surface area (Å²) < 4.78 is 0. The Balaban J connectivity index is 0.00000123. The van der Waals surface area contributed by atoms with Crippen molar-refractivity contribution in [2.75, 3.05) is 5.32 Å². The van der Waals surface area contributed by atoms with Gasteiger partial charge in [-0.25, -0.2) is 4.98 Å². The third-order valence-corrected chi connectivity index (χ3v) is 2.84. The monoisotopic (exact) mass is 327 g/mol. The number of hydrogen-bond donors (Lipinski definition) is 2. The van der Waals surface area contributed by atoms with Gasteiger partial charge in [0.25, 0.3) is 0 Å². The predicted molar refractivity (Wildman–Crippen MR) is 106 cm³/mol. The average Bonchev–Trinajstić information content (AvgIpc) is 3.01. The zero-order chi connectivity index (χ0) is 18.5. The summed E-state index contributed by atoms with van der Waals surface area (Å²) >= 11 is 0. The summed E-state index contributed by atoms with van der Waals surface area (Å²) in [6, 6.07) is 7.27. The van der Waals surface area contributed by atoms with Gasteiger partial charge in [-0.3, -0.25) is 4.79 Å². The first kappa shape index (κ1) is 21.4. The zero-order valence-electron chi connectivity index (χ0n) is 15.6. The standard InChI is InChI=1S/C16H17N3O.2C2H6/c1-4-6-15-14(5-2)18-16(19-15)17-13-9-7-12(8-10-13)11(3)20;2*1-2/h4-10H,2H2,1,3H3,(H2,17,18,19);2*1-2H3/b6-4-;;. The molecular formula is C20H29N3O. The third-order valence-electron chi connectivity index (χ3n) is 2.84. The summed E-state index contributed by atoms with van der Waals surface area (Å²) in [6.45, 7) is 15.2. The van der Waals surface area contributed by atoms with Gasteiger partial charge >= 0.3 is 0 Å². The van der Waals surface area contributed by atoms with E-state index in [1.807, 2.05) is 58.9 Å². The van der Waals surface area contributed by atoms with E-state index < -0.39 is 0 Å². The zero-order valence-corrected chi connectivity index (χ0v) is 15.6. The molecular weight excluding hydrogens is 298 g/mol. The SMILES string of the molecule is C=Cc1nc(Nc2ccc(C(C)=O)cc2)[nH]c1/C=C\C.CC.CC. The van der Waals surface area contributed by atoms with Crippen LogP contribution in [0, 0.1) is 0 Å². The van der Waals surface area contributed by atoms with Crippen LogP contribution in [-0.4, -0.2) is 15.8 Å². The Morgan fingerprint density at radius 2 is 1.75 bits per heavy atom. The first-order valence-electron chi connectivity index (χ1n) is 8.37. The highest BCUT2D eigenvalue weighted by Crippen LogP contribution is 2.18. The van der Waals surface area contributed by atoms with Gasteiger partial charge < -0.3 is 10.3 Å². The lowest BCUT2D eigenvalue weighted by atomic mass is 10.1. The fourth-order valence-electron chi connectivity index (χ4n) is 1.83. The van der Waals surface area contributed by atoms with E-state index in [4.69, 9.17) is 0 Å². The first-order chi connectivity index (χ1) is 11.6. The Morgan fingerprint density at radius 3 is 2.21 bits per heavy atom. The van der Waals surface area contributed by atoms with Crippen molar-refractivity contribution in [1.29, 1.82) is 0 Å². The highest BCUT2D eigenvalue weighted by Gasteiger charge is 2.05. The summed E-state index contributed by atoms with van der Waals surface area (Å²) in [5.74, 6) is 0.697. The molecule has 0 unspecified atom stereocenters. The van der Waals surface area contributed by atoms with E-state index in [2.05, 4.69) is 21.9 Å². The first-order valence-corrected chi connectivity index (χ1v) is 8.37. The number of hydrogen-bond acceptors (Lipinski definition) is 3. The Kier molecular flexibility index (Phi) is 10.6. The molecule has 0 bridgehead atoms. The third kappa shape index (κ3) is 6.24. The molecule has 24 heavy (non-hydrogen) atoms. The van der Waals surface area contributed by atoms with Gasteiger partial charge in [-0.15, -0.1) is 0 Å². The van der Waals surface area contributed by atoms with Crippen molar-refractivity contribution < 1.29 is 4.79 Å². The number of H-pyrrole nitrogens is 1. The van der Waals surface area contributed by atoms with Crippen molar-refractivity contribution in [2.24, 2.45) is 0 Å². The Bertz CT molecular complexity index is 652. The van der Waals surface area contributed by atoms with Crippen LogP contribution >= 0.6 is 0 Å². The second-order valence-corrected chi connectivity index (χ2v) is 4.35. The van der Waals surface area contributed by atoms with Crippen LogP contribution in [0.1, 0.15) is 63.3 Å². The molecule has 0 aliphatic rings. The van der Waals surface area contributed by atoms with Gasteiger partial charge in [0.2, 0.25) is 5.95 Å². The number of carbonyl (C=O) groups excluding carboxylic acids is 1. The Morgan fingerprint density at radius 1 is 1.17 bits per heavy atom. The fourth-order valence-corrected chi connectivity index (χ4v) is 1.83. The van der Waals surface area contributed by atoms with Gasteiger partial charge in [-0.2, -0.15) is 0 Å². The Labute approximate surface area is 145 Å². The molecule has 4 nitrogen and oxygen atoms in total. The van der Waals surface area contributed by atoms with Gasteiger partial charge in [-0.05, 0) is 50.3 Å². The predicted octanol–water partition coefficient (Wildman–Crippen LogP) is 6.08. The number of nitrogens with one attached hydrogen (secondary N) is 2. The number of anilines is 2. The van der Waals surface area contributed by atoms with Gasteiger partial charge in [-0.1, -0.05) is 40.3 Å². The normalized spacial score (nSPS) is 9.42. The van der Waals surface area contributed by atoms with Gasteiger partial charge in [0.1, 0.15) is 0 Å². The van der Waals surface area contributed by atoms with Crippen molar-refractivity contribution >= 4 is 29.6 Å². The van der Waals surface area contributed by atoms with E-state index in [1.165, 1.54) is 0 Å². The van der Waals surface area contributed by atoms with Crippen LogP contribution in [0.2, 0.25) is 0 Å². The minimum absolute atomic E-state index is 0.0545. The summed E-state index contributed by atoms with van der Waals surface area (Å²) in [4.78, 5) is 18.8. The maximum atomic E-state index is 11.2. The van der Waals surface area contributed by atoms with E-state index in [9.17, 15) is 4.79 Å². The summed E-state index contributed by atoms with van der Waals surface area (Å²) in [7, 11) is 0. The molecule has 0 aliphatic carbocycles. The molecule has 0 fully saturated rings. The molecule has 1 aromatic heterocycles. The minimum Gasteiger partial charge on any atom is -0.326 e. The second-order valence-electron chi connectivity index (χ2n) is 4.35. The van der Waals surface area contributed by atoms with Crippen LogP contribution in [0.5, 0.6) is 0 Å². The lowest BCUT2D eigenvalue weighted by Crippen LogP contribution is -1.95. The quantitative estimate of drug-likeness (QED) is 0.654. The number of allylic oxidation sites excluding steroid dienone is 1. The van der Waals surface area contributed by atoms with E-state index in [-0.39, 0.29) is 5.78 Å². The molecule has 2 rings (SSSR count). The van der Waals surface area contributed by atoms with Crippen LogP contribution in [0.25, 0.3) is 12.2 Å². The van der Waals surface area contributed by atoms with Crippen molar-refractivity contribution in [3.63, 3.8) is 0 Å². The van der Waals surface area contributed by atoms with Crippen molar-refractivity contribution in [3.8, 4) is 0 Å². The highest BCUT2D eigenvalue weighted by atomic mass is 16.1. The van der Waals surface area contributed by atoms with Gasteiger partial charge in [0, 0.05) is 11.3 Å². The summed E-state index contributed by atoms with van der Waals surface area (Å²) in [6.07, 6.45) is 5.58. The largest absolute Gasteiger partial charge is 0.326 e. The molecule has 0 atom stereocenters.